The molecule has 14 heavy (non-hydrogen) atoms. The van der Waals surface area contributed by atoms with Crippen molar-refractivity contribution in [3.8, 4) is 0 Å². The number of hydrogen-bond donors (Lipinski definition) is 2. The van der Waals surface area contributed by atoms with Gasteiger partial charge in [-0.3, -0.25) is 0 Å². The van der Waals surface area contributed by atoms with E-state index in [1.54, 1.807) is 0 Å². The van der Waals surface area contributed by atoms with Gasteiger partial charge in [-0.1, -0.05) is 26.1 Å². The second kappa shape index (κ2) is 3.51. The van der Waals surface area contributed by atoms with E-state index in [9.17, 15) is 0 Å². The van der Waals surface area contributed by atoms with E-state index in [-0.39, 0.29) is 0 Å². The first-order valence-corrected chi connectivity index (χ1v) is 5.60. The molecule has 74 valence electrons. The van der Waals surface area contributed by atoms with Gasteiger partial charge in [-0.05, 0) is 12.8 Å². The molecule has 1 aromatic heterocycles. The number of aryl methyl sites for hydroxylation is 1. The maximum Gasteiger partial charge on any atom is 0.136 e. The molecular weight excluding hydrogens is 212 g/mol. The van der Waals surface area contributed by atoms with Crippen LogP contribution in [0.1, 0.15) is 37.1 Å². The summed E-state index contributed by atoms with van der Waals surface area (Å²) in [5.74, 6) is 0. The molecule has 0 fully saturated rings. The number of rotatable bonds is 2. The van der Waals surface area contributed by atoms with Gasteiger partial charge in [0.2, 0.25) is 0 Å². The first-order chi connectivity index (χ1) is 6.69. The third-order valence-corrected chi connectivity index (χ3v) is 3.12. The normalized spacial score (nSPS) is 14.5. The van der Waals surface area contributed by atoms with Crippen LogP contribution in [-0.4, -0.2) is 15.7 Å². The highest BCUT2D eigenvalue weighted by molar-refractivity contribution is 7.81. The minimum Gasteiger partial charge on any atom is -0.353 e. The van der Waals surface area contributed by atoms with Crippen molar-refractivity contribution < 1.29 is 0 Å². The Morgan fingerprint density at radius 2 is 2.00 bits per heavy atom. The van der Waals surface area contributed by atoms with Crippen molar-refractivity contribution in [3.05, 3.63) is 16.8 Å². The number of nitrogens with one attached hydrogen (secondary N) is 1. The topological polar surface area (TPSA) is 28.1 Å². The van der Waals surface area contributed by atoms with Gasteiger partial charge >= 0.3 is 0 Å². The molecule has 0 atom stereocenters. The average molecular weight is 224 g/mol. The number of fused-ring (bicyclic) bond motifs is 1. The van der Waals surface area contributed by atoms with Gasteiger partial charge < -0.3 is 4.98 Å². The Bertz CT molecular complexity index is 430. The van der Waals surface area contributed by atoms with Crippen molar-refractivity contribution in [1.29, 1.82) is 0 Å². The van der Waals surface area contributed by atoms with E-state index in [0.29, 0.717) is 4.99 Å². The molecule has 2 rings (SSSR count). The Kier molecular flexibility index (Phi) is 2.49. The average Bonchev–Trinajstić information content (AvgIpc) is 2.67. The zero-order valence-electron chi connectivity index (χ0n) is 8.22. The lowest BCUT2D eigenvalue weighted by Gasteiger charge is -1.94. The van der Waals surface area contributed by atoms with Crippen LogP contribution < -0.4 is 0 Å². The molecule has 0 unspecified atom stereocenters. The third-order valence-electron chi connectivity index (χ3n) is 2.49. The fourth-order valence-corrected chi connectivity index (χ4v) is 2.52. The first-order valence-electron chi connectivity index (χ1n) is 4.75. The molecule has 1 aromatic rings. The third kappa shape index (κ3) is 1.25. The van der Waals surface area contributed by atoms with E-state index in [1.165, 1.54) is 0 Å². The van der Waals surface area contributed by atoms with Gasteiger partial charge in [-0.2, -0.15) is 0 Å². The van der Waals surface area contributed by atoms with E-state index in [4.69, 9.17) is 12.2 Å². The molecule has 4 heteroatoms. The van der Waals surface area contributed by atoms with Crippen LogP contribution in [0.5, 0.6) is 0 Å². The lowest BCUT2D eigenvalue weighted by Crippen LogP contribution is -1.94. The Morgan fingerprint density at radius 1 is 1.29 bits per heavy atom. The fourth-order valence-electron chi connectivity index (χ4n) is 1.81. The summed E-state index contributed by atoms with van der Waals surface area (Å²) in [5.41, 5.74) is 4.44. The van der Waals surface area contributed by atoms with Crippen LogP contribution in [0.2, 0.25) is 0 Å². The highest BCUT2D eigenvalue weighted by Crippen LogP contribution is 2.30. The molecule has 0 saturated carbocycles. The molecule has 0 spiro atoms. The largest absolute Gasteiger partial charge is 0.353 e. The monoisotopic (exact) mass is 224 g/mol. The second-order valence-corrected chi connectivity index (χ2v) is 4.11. The number of aliphatic imine (C=N–C) groups is 1. The number of thiocarbonyl (C=S) groups is 1. The molecule has 0 aliphatic carbocycles. The van der Waals surface area contributed by atoms with Crippen molar-refractivity contribution in [1.82, 2.24) is 4.98 Å². The maximum absolute atomic E-state index is 5.24. The zero-order chi connectivity index (χ0) is 10.3. The van der Waals surface area contributed by atoms with Crippen molar-refractivity contribution in [2.45, 2.75) is 31.7 Å². The predicted octanol–water partition coefficient (Wildman–Crippen LogP) is 2.75. The predicted molar refractivity (Wildman–Crippen MR) is 66.0 cm³/mol. The van der Waals surface area contributed by atoms with Gasteiger partial charge in [0, 0.05) is 16.8 Å². The number of hydrogen-bond acceptors (Lipinski definition) is 2. The number of thiol groups is 1. The summed E-state index contributed by atoms with van der Waals surface area (Å²) in [6.45, 7) is 4.19. The molecule has 0 aromatic carbocycles. The summed E-state index contributed by atoms with van der Waals surface area (Å²) >= 11 is 9.66. The molecular formula is C10H12N2S2. The van der Waals surface area contributed by atoms with Crippen molar-refractivity contribution in [3.63, 3.8) is 0 Å². The minimum atomic E-state index is 0.713. The number of nitrogens with zero attached hydrogens (tertiary/aromatic N) is 1. The minimum absolute atomic E-state index is 0.713. The van der Waals surface area contributed by atoms with E-state index in [1.807, 2.05) is 0 Å². The molecule has 0 bridgehead atoms. The number of aromatic nitrogens is 1. The summed E-state index contributed by atoms with van der Waals surface area (Å²) in [6.07, 6.45) is 1.84. The molecule has 2 heterocycles. The molecule has 1 aliphatic rings. The second-order valence-electron chi connectivity index (χ2n) is 3.27. The highest BCUT2D eigenvalue weighted by Gasteiger charge is 2.26. The van der Waals surface area contributed by atoms with Crippen molar-refractivity contribution in [2.24, 2.45) is 4.99 Å². The van der Waals surface area contributed by atoms with Gasteiger partial charge in [0.1, 0.15) is 4.99 Å². The van der Waals surface area contributed by atoms with Crippen LogP contribution in [0, 0.1) is 0 Å². The van der Waals surface area contributed by atoms with Gasteiger partial charge in [-0.15, -0.1) is 12.6 Å². The van der Waals surface area contributed by atoms with Crippen LogP contribution >= 0.6 is 24.8 Å². The van der Waals surface area contributed by atoms with E-state index in [2.05, 4.69) is 36.5 Å². The lowest BCUT2D eigenvalue weighted by molar-refractivity contribution is 1.02. The standard InChI is InChI=1S/C10H12N2S2/c1-3-5-7-8(10(14)11-5)6(4-2)12-9(7)13/h11,14H,3-4H2,1-2H3. The number of aromatic amines is 1. The fraction of sp³-hybridized carbons (Fsp3) is 0.400. The van der Waals surface area contributed by atoms with Crippen LogP contribution in [0.25, 0.3) is 0 Å². The van der Waals surface area contributed by atoms with Crippen LogP contribution in [0.15, 0.2) is 10.0 Å². The summed E-state index contributed by atoms with van der Waals surface area (Å²) in [5, 5.41) is 0.900. The molecule has 2 nitrogen and oxygen atoms in total. The van der Waals surface area contributed by atoms with Crippen LogP contribution in [0.3, 0.4) is 0 Å². The van der Waals surface area contributed by atoms with Gasteiger partial charge in [0.05, 0.1) is 10.7 Å². The summed E-state index contributed by atoms with van der Waals surface area (Å²) in [4.78, 5) is 8.35. The van der Waals surface area contributed by atoms with Crippen LogP contribution in [-0.2, 0) is 6.42 Å². The summed E-state index contributed by atoms with van der Waals surface area (Å²) < 4.78 is 0. The molecule has 1 N–H and O–H groups in total. The van der Waals surface area contributed by atoms with Gasteiger partial charge in [0.15, 0.2) is 0 Å². The van der Waals surface area contributed by atoms with E-state index < -0.39 is 0 Å². The van der Waals surface area contributed by atoms with Gasteiger partial charge in [-0.25, -0.2) is 4.99 Å². The van der Waals surface area contributed by atoms with Crippen LogP contribution in [0.4, 0.5) is 0 Å². The summed E-state index contributed by atoms with van der Waals surface area (Å²) in [7, 11) is 0. The van der Waals surface area contributed by atoms with E-state index in [0.717, 1.165) is 40.4 Å². The Labute approximate surface area is 94.2 Å². The molecule has 1 aliphatic heterocycles. The quantitative estimate of drug-likeness (QED) is 0.587. The Balaban J connectivity index is 2.64. The molecule has 0 saturated heterocycles. The SMILES string of the molecule is CCC1=NC(=S)c2c(CC)[nH]c(S)c21. The maximum atomic E-state index is 5.24. The Morgan fingerprint density at radius 3 is 2.57 bits per heavy atom. The van der Waals surface area contributed by atoms with Gasteiger partial charge in [0.25, 0.3) is 0 Å². The van der Waals surface area contributed by atoms with Crippen molar-refractivity contribution >= 4 is 35.5 Å². The molecule has 0 radical (unpaired) electrons. The smallest absolute Gasteiger partial charge is 0.136 e. The highest BCUT2D eigenvalue weighted by atomic mass is 32.1. The first kappa shape index (κ1) is 9.93. The Hall–Kier alpha value is -0.610. The lowest BCUT2D eigenvalue weighted by atomic mass is 10.1. The number of H-pyrrole nitrogens is 1. The van der Waals surface area contributed by atoms with E-state index >= 15 is 0 Å². The molecule has 0 amide bonds. The van der Waals surface area contributed by atoms with Crippen molar-refractivity contribution in [2.75, 3.05) is 0 Å². The summed E-state index contributed by atoms with van der Waals surface area (Å²) in [6, 6.07) is 0. The zero-order valence-corrected chi connectivity index (χ0v) is 9.93.